The van der Waals surface area contributed by atoms with Gasteiger partial charge in [-0.05, 0) is 18.1 Å². The second-order valence-electron chi connectivity index (χ2n) is 4.36. The number of methoxy groups -OCH3 is 1. The molecule has 0 aliphatic carbocycles. The molecule has 100 valence electrons. The molecule has 5 heteroatoms. The third kappa shape index (κ3) is 4.25. The van der Waals surface area contributed by atoms with Crippen molar-refractivity contribution in [3.05, 3.63) is 24.3 Å². The monoisotopic (exact) mass is 252 g/mol. The second-order valence-corrected chi connectivity index (χ2v) is 4.36. The number of rotatable bonds is 5. The average molecular weight is 252 g/mol. The summed E-state index contributed by atoms with van der Waals surface area (Å²) in [5.74, 6) is 0.849. The molecule has 0 heterocycles. The Bertz CT molecular complexity index is 394. The molecule has 0 bridgehead atoms. The highest BCUT2D eigenvalue weighted by Gasteiger charge is 2.14. The van der Waals surface area contributed by atoms with Gasteiger partial charge in [0.05, 0.1) is 19.8 Å². The summed E-state index contributed by atoms with van der Waals surface area (Å²) in [6.07, 6.45) is 0. The molecule has 1 aromatic rings. The van der Waals surface area contributed by atoms with Crippen molar-refractivity contribution in [3.8, 4) is 5.75 Å². The lowest BCUT2D eigenvalue weighted by Gasteiger charge is -2.20. The molecule has 0 saturated carbocycles. The predicted molar refractivity (Wildman–Crippen MR) is 70.9 cm³/mol. The molecule has 0 fully saturated rings. The SMILES string of the molecule is COc1cccc(NC(=O)NC(CO)C(C)C)c1. The highest BCUT2D eigenvalue weighted by molar-refractivity contribution is 5.89. The number of carbonyl (C=O) groups excluding carboxylic acids is 1. The number of aliphatic hydroxyl groups excluding tert-OH is 1. The zero-order chi connectivity index (χ0) is 13.5. The maximum Gasteiger partial charge on any atom is 0.319 e. The Morgan fingerprint density at radius 3 is 2.72 bits per heavy atom. The van der Waals surface area contributed by atoms with Crippen LogP contribution in [0.3, 0.4) is 0 Å². The van der Waals surface area contributed by atoms with Gasteiger partial charge in [0.25, 0.3) is 0 Å². The molecule has 0 saturated heterocycles. The first-order valence-corrected chi connectivity index (χ1v) is 5.89. The first-order valence-electron chi connectivity index (χ1n) is 5.89. The number of anilines is 1. The number of urea groups is 1. The van der Waals surface area contributed by atoms with Crippen molar-refractivity contribution >= 4 is 11.7 Å². The van der Waals surface area contributed by atoms with Crippen molar-refractivity contribution < 1.29 is 14.6 Å². The minimum Gasteiger partial charge on any atom is -0.497 e. The number of aliphatic hydroxyl groups is 1. The van der Waals surface area contributed by atoms with Gasteiger partial charge < -0.3 is 20.5 Å². The molecule has 1 aromatic carbocycles. The summed E-state index contributed by atoms with van der Waals surface area (Å²) in [7, 11) is 1.57. The van der Waals surface area contributed by atoms with Crippen LogP contribution in [0.1, 0.15) is 13.8 Å². The smallest absolute Gasteiger partial charge is 0.319 e. The van der Waals surface area contributed by atoms with E-state index < -0.39 is 0 Å². The van der Waals surface area contributed by atoms with Crippen LogP contribution in [0, 0.1) is 5.92 Å². The molecule has 1 atom stereocenters. The minimum absolute atomic E-state index is 0.0802. The van der Waals surface area contributed by atoms with E-state index in [1.54, 1.807) is 31.4 Å². The minimum atomic E-state index is -0.337. The first kappa shape index (κ1) is 14.3. The van der Waals surface area contributed by atoms with Gasteiger partial charge in [-0.3, -0.25) is 0 Å². The van der Waals surface area contributed by atoms with Crippen LogP contribution in [0.25, 0.3) is 0 Å². The van der Waals surface area contributed by atoms with Gasteiger partial charge >= 0.3 is 6.03 Å². The Hall–Kier alpha value is -1.75. The first-order chi connectivity index (χ1) is 8.56. The number of amides is 2. The van der Waals surface area contributed by atoms with E-state index in [2.05, 4.69) is 10.6 Å². The molecule has 3 N–H and O–H groups in total. The van der Waals surface area contributed by atoms with E-state index in [9.17, 15) is 4.79 Å². The molecular formula is C13H20N2O3. The highest BCUT2D eigenvalue weighted by Crippen LogP contribution is 2.16. The van der Waals surface area contributed by atoms with Gasteiger partial charge in [0.15, 0.2) is 0 Å². The number of benzene rings is 1. The van der Waals surface area contributed by atoms with E-state index in [0.717, 1.165) is 0 Å². The number of carbonyl (C=O) groups is 1. The fraction of sp³-hybridized carbons (Fsp3) is 0.462. The predicted octanol–water partition coefficient (Wildman–Crippen LogP) is 1.83. The van der Waals surface area contributed by atoms with Crippen molar-refractivity contribution in [2.75, 3.05) is 19.0 Å². The van der Waals surface area contributed by atoms with Crippen LogP contribution in [0.2, 0.25) is 0 Å². The average Bonchev–Trinajstić information content (AvgIpc) is 2.35. The molecule has 0 radical (unpaired) electrons. The van der Waals surface area contributed by atoms with Crippen molar-refractivity contribution in [2.45, 2.75) is 19.9 Å². The third-order valence-corrected chi connectivity index (χ3v) is 2.65. The van der Waals surface area contributed by atoms with Crippen molar-refractivity contribution in [2.24, 2.45) is 5.92 Å². The molecule has 2 amide bonds. The Morgan fingerprint density at radius 1 is 1.44 bits per heavy atom. The lowest BCUT2D eigenvalue weighted by atomic mass is 10.1. The van der Waals surface area contributed by atoms with Gasteiger partial charge in [-0.1, -0.05) is 19.9 Å². The van der Waals surface area contributed by atoms with E-state index in [4.69, 9.17) is 9.84 Å². The topological polar surface area (TPSA) is 70.6 Å². The number of nitrogens with one attached hydrogen (secondary N) is 2. The largest absolute Gasteiger partial charge is 0.497 e. The zero-order valence-corrected chi connectivity index (χ0v) is 10.9. The van der Waals surface area contributed by atoms with Crippen LogP contribution >= 0.6 is 0 Å². The molecule has 0 spiro atoms. The molecule has 0 aromatic heterocycles. The van der Waals surface area contributed by atoms with Gasteiger partial charge in [0, 0.05) is 11.8 Å². The van der Waals surface area contributed by atoms with E-state index in [1.165, 1.54) is 0 Å². The Labute approximate surface area is 107 Å². The molecule has 0 aliphatic heterocycles. The van der Waals surface area contributed by atoms with Crippen LogP contribution in [-0.2, 0) is 0 Å². The summed E-state index contributed by atoms with van der Waals surface area (Å²) >= 11 is 0. The summed E-state index contributed by atoms with van der Waals surface area (Å²) < 4.78 is 5.07. The fourth-order valence-corrected chi connectivity index (χ4v) is 1.46. The third-order valence-electron chi connectivity index (χ3n) is 2.65. The molecule has 5 nitrogen and oxygen atoms in total. The zero-order valence-electron chi connectivity index (χ0n) is 10.9. The summed E-state index contributed by atoms with van der Waals surface area (Å²) in [5, 5.41) is 14.5. The highest BCUT2D eigenvalue weighted by atomic mass is 16.5. The van der Waals surface area contributed by atoms with Gasteiger partial charge in [-0.25, -0.2) is 4.79 Å². The lowest BCUT2D eigenvalue weighted by molar-refractivity contribution is 0.204. The van der Waals surface area contributed by atoms with Crippen LogP contribution in [-0.4, -0.2) is 30.9 Å². The number of ether oxygens (including phenoxy) is 1. The summed E-state index contributed by atoms with van der Waals surface area (Å²) in [6.45, 7) is 3.79. The molecule has 1 rings (SSSR count). The van der Waals surface area contributed by atoms with Gasteiger partial charge in [0.1, 0.15) is 5.75 Å². The van der Waals surface area contributed by atoms with Crippen molar-refractivity contribution in [1.82, 2.24) is 5.32 Å². The number of hydrogen-bond acceptors (Lipinski definition) is 3. The Balaban J connectivity index is 2.58. The lowest BCUT2D eigenvalue weighted by Crippen LogP contribution is -2.43. The summed E-state index contributed by atoms with van der Waals surface area (Å²) in [6, 6.07) is 6.49. The van der Waals surface area contributed by atoms with Crippen LogP contribution in [0.4, 0.5) is 10.5 Å². The van der Waals surface area contributed by atoms with Gasteiger partial charge in [0.2, 0.25) is 0 Å². The van der Waals surface area contributed by atoms with E-state index >= 15 is 0 Å². The second kappa shape index (κ2) is 6.86. The van der Waals surface area contributed by atoms with E-state index in [1.807, 2.05) is 13.8 Å². The fourth-order valence-electron chi connectivity index (χ4n) is 1.46. The molecule has 1 unspecified atom stereocenters. The van der Waals surface area contributed by atoms with Crippen molar-refractivity contribution in [3.63, 3.8) is 0 Å². The summed E-state index contributed by atoms with van der Waals surface area (Å²) in [5.41, 5.74) is 0.646. The number of hydrogen-bond donors (Lipinski definition) is 3. The van der Waals surface area contributed by atoms with E-state index in [0.29, 0.717) is 11.4 Å². The normalized spacial score (nSPS) is 12.1. The van der Waals surface area contributed by atoms with Crippen molar-refractivity contribution in [1.29, 1.82) is 0 Å². The molecular weight excluding hydrogens is 232 g/mol. The van der Waals surface area contributed by atoms with E-state index in [-0.39, 0.29) is 24.6 Å². The maximum absolute atomic E-state index is 11.7. The molecule has 18 heavy (non-hydrogen) atoms. The Kier molecular flexibility index (Phi) is 5.45. The quantitative estimate of drug-likeness (QED) is 0.748. The maximum atomic E-state index is 11.7. The van der Waals surface area contributed by atoms with Crippen LogP contribution in [0.5, 0.6) is 5.75 Å². The summed E-state index contributed by atoms with van der Waals surface area (Å²) in [4.78, 5) is 11.7. The van der Waals surface area contributed by atoms with Gasteiger partial charge in [-0.15, -0.1) is 0 Å². The molecule has 0 aliphatic rings. The Morgan fingerprint density at radius 2 is 2.17 bits per heavy atom. The van der Waals surface area contributed by atoms with Crippen LogP contribution < -0.4 is 15.4 Å². The van der Waals surface area contributed by atoms with Crippen LogP contribution in [0.15, 0.2) is 24.3 Å². The standard InChI is InChI=1S/C13H20N2O3/c1-9(2)12(8-16)15-13(17)14-10-5-4-6-11(7-10)18-3/h4-7,9,12,16H,8H2,1-3H3,(H2,14,15,17). The van der Waals surface area contributed by atoms with Gasteiger partial charge in [-0.2, -0.15) is 0 Å².